The number of nitrogens with zero attached hydrogens (tertiary/aromatic N) is 2. The van der Waals surface area contributed by atoms with Crippen LogP contribution >= 0.6 is 11.6 Å². The molecule has 4 rings (SSSR count). The molecule has 2 heterocycles. The number of halogens is 1. The average molecular weight is 441 g/mol. The zero-order valence-electron chi connectivity index (χ0n) is 16.7. The molecule has 8 nitrogen and oxygen atoms in total. The van der Waals surface area contributed by atoms with Crippen LogP contribution in [0.3, 0.4) is 0 Å². The van der Waals surface area contributed by atoms with Gasteiger partial charge in [-0.25, -0.2) is 0 Å². The summed E-state index contributed by atoms with van der Waals surface area (Å²) in [5.74, 6) is -0.697. The van der Waals surface area contributed by atoms with Gasteiger partial charge in [-0.1, -0.05) is 23.7 Å². The van der Waals surface area contributed by atoms with Gasteiger partial charge in [-0.3, -0.25) is 24.1 Å². The molecule has 0 aromatic heterocycles. The highest BCUT2D eigenvalue weighted by molar-refractivity contribution is 6.33. The fraction of sp³-hybridized carbons (Fsp3) is 0.273. The maximum absolute atomic E-state index is 12.6. The van der Waals surface area contributed by atoms with Crippen molar-refractivity contribution in [2.75, 3.05) is 29.9 Å². The smallest absolute Gasteiger partial charge is 0.255 e. The number of amides is 4. The fourth-order valence-electron chi connectivity index (χ4n) is 3.63. The molecule has 0 atom stereocenters. The second-order valence-electron chi connectivity index (χ2n) is 7.46. The molecule has 9 heteroatoms. The SMILES string of the molecule is O=C1CN(c2ccc(NC(=O)c3ccc(CN4C(=O)CCC4=O)cc3)cc2Cl)CCN1. The molecule has 2 fully saturated rings. The van der Waals surface area contributed by atoms with Crippen molar-refractivity contribution in [3.05, 3.63) is 58.6 Å². The lowest BCUT2D eigenvalue weighted by molar-refractivity contribution is -0.139. The van der Waals surface area contributed by atoms with Crippen molar-refractivity contribution in [2.24, 2.45) is 0 Å². The van der Waals surface area contributed by atoms with Crippen molar-refractivity contribution in [2.45, 2.75) is 19.4 Å². The molecule has 0 aliphatic carbocycles. The Kier molecular flexibility index (Phi) is 5.90. The Bertz CT molecular complexity index is 1040. The number of piperazine rings is 1. The quantitative estimate of drug-likeness (QED) is 0.694. The predicted octanol–water partition coefficient (Wildman–Crippen LogP) is 2.18. The molecule has 0 unspecified atom stereocenters. The van der Waals surface area contributed by atoms with Crippen molar-refractivity contribution in [3.8, 4) is 0 Å². The highest BCUT2D eigenvalue weighted by Crippen LogP contribution is 2.29. The Morgan fingerprint density at radius 1 is 1.03 bits per heavy atom. The largest absolute Gasteiger partial charge is 0.359 e. The first-order valence-electron chi connectivity index (χ1n) is 9.95. The van der Waals surface area contributed by atoms with E-state index >= 15 is 0 Å². The summed E-state index contributed by atoms with van der Waals surface area (Å²) >= 11 is 6.38. The molecular formula is C22H21ClN4O4. The number of carbonyl (C=O) groups is 4. The Morgan fingerprint density at radius 2 is 1.74 bits per heavy atom. The van der Waals surface area contributed by atoms with Gasteiger partial charge in [0, 0.05) is 37.2 Å². The molecular weight excluding hydrogens is 420 g/mol. The maximum Gasteiger partial charge on any atom is 0.255 e. The van der Waals surface area contributed by atoms with Gasteiger partial charge in [0.25, 0.3) is 5.91 Å². The van der Waals surface area contributed by atoms with Crippen molar-refractivity contribution >= 4 is 46.6 Å². The van der Waals surface area contributed by atoms with Crippen molar-refractivity contribution < 1.29 is 19.2 Å². The number of anilines is 2. The van der Waals surface area contributed by atoms with Crippen LogP contribution in [0.1, 0.15) is 28.8 Å². The zero-order chi connectivity index (χ0) is 22.0. The zero-order valence-corrected chi connectivity index (χ0v) is 17.4. The minimum Gasteiger partial charge on any atom is -0.359 e. The van der Waals surface area contributed by atoms with E-state index < -0.39 is 0 Å². The second-order valence-corrected chi connectivity index (χ2v) is 7.87. The Labute approximate surface area is 184 Å². The Morgan fingerprint density at radius 3 is 2.39 bits per heavy atom. The van der Waals surface area contributed by atoms with Gasteiger partial charge in [0.05, 0.1) is 23.8 Å². The summed E-state index contributed by atoms with van der Waals surface area (Å²) in [6, 6.07) is 11.9. The third kappa shape index (κ3) is 4.69. The van der Waals surface area contributed by atoms with E-state index in [1.54, 1.807) is 42.5 Å². The maximum atomic E-state index is 12.6. The van der Waals surface area contributed by atoms with Gasteiger partial charge < -0.3 is 15.5 Å². The average Bonchev–Trinajstić information content (AvgIpc) is 3.06. The third-order valence-electron chi connectivity index (χ3n) is 5.30. The number of carbonyl (C=O) groups excluding carboxylic acids is 4. The van der Waals surface area contributed by atoms with Crippen LogP contribution in [0, 0.1) is 0 Å². The predicted molar refractivity (Wildman–Crippen MR) is 116 cm³/mol. The summed E-state index contributed by atoms with van der Waals surface area (Å²) in [6.45, 7) is 1.68. The first-order valence-corrected chi connectivity index (χ1v) is 10.3. The molecule has 2 saturated heterocycles. The molecule has 0 radical (unpaired) electrons. The van der Waals surface area contributed by atoms with E-state index in [2.05, 4.69) is 10.6 Å². The van der Waals surface area contributed by atoms with Crippen LogP contribution in [-0.2, 0) is 20.9 Å². The topological polar surface area (TPSA) is 98.8 Å². The van der Waals surface area contributed by atoms with Gasteiger partial charge in [-0.2, -0.15) is 0 Å². The van der Waals surface area contributed by atoms with E-state index in [0.717, 1.165) is 11.3 Å². The number of nitrogens with one attached hydrogen (secondary N) is 2. The summed E-state index contributed by atoms with van der Waals surface area (Å²) in [5, 5.41) is 6.02. The van der Waals surface area contributed by atoms with Crippen LogP contribution in [0.4, 0.5) is 11.4 Å². The minimum absolute atomic E-state index is 0.0541. The first-order chi connectivity index (χ1) is 14.9. The summed E-state index contributed by atoms with van der Waals surface area (Å²) in [6.07, 6.45) is 0.511. The van der Waals surface area contributed by atoms with E-state index in [-0.39, 0.29) is 49.6 Å². The Balaban J connectivity index is 1.40. The number of benzene rings is 2. The van der Waals surface area contributed by atoms with E-state index in [1.807, 2.05) is 4.90 Å². The fourth-order valence-corrected chi connectivity index (χ4v) is 3.93. The van der Waals surface area contributed by atoms with Crippen LogP contribution in [-0.4, -0.2) is 48.2 Å². The van der Waals surface area contributed by atoms with Crippen molar-refractivity contribution in [1.82, 2.24) is 10.2 Å². The molecule has 0 saturated carbocycles. The van der Waals surface area contributed by atoms with Gasteiger partial charge in [0.15, 0.2) is 0 Å². The van der Waals surface area contributed by atoms with Gasteiger partial charge in [-0.15, -0.1) is 0 Å². The van der Waals surface area contributed by atoms with E-state index in [0.29, 0.717) is 29.4 Å². The second kappa shape index (κ2) is 8.77. The molecule has 2 N–H and O–H groups in total. The van der Waals surface area contributed by atoms with Crippen LogP contribution < -0.4 is 15.5 Å². The standard InChI is InChI=1S/C22H21ClN4O4/c23-17-11-16(5-6-18(17)26-10-9-24-19(28)13-26)25-22(31)15-3-1-14(2-4-15)12-27-20(29)7-8-21(27)30/h1-6,11H,7-10,12-13H2,(H,24,28)(H,25,31). The van der Waals surface area contributed by atoms with Crippen molar-refractivity contribution in [3.63, 3.8) is 0 Å². The summed E-state index contributed by atoms with van der Waals surface area (Å²) in [4.78, 5) is 50.8. The number of hydrogen-bond donors (Lipinski definition) is 2. The third-order valence-corrected chi connectivity index (χ3v) is 5.60. The minimum atomic E-state index is -0.305. The van der Waals surface area contributed by atoms with Gasteiger partial charge >= 0.3 is 0 Å². The van der Waals surface area contributed by atoms with E-state index in [9.17, 15) is 19.2 Å². The number of rotatable bonds is 5. The Hall–Kier alpha value is -3.39. The number of likely N-dealkylation sites (tertiary alicyclic amines) is 1. The highest BCUT2D eigenvalue weighted by atomic mass is 35.5. The summed E-state index contributed by atoms with van der Waals surface area (Å²) in [7, 11) is 0. The number of imide groups is 1. The van der Waals surface area contributed by atoms with Gasteiger partial charge in [0.1, 0.15) is 0 Å². The monoisotopic (exact) mass is 440 g/mol. The lowest BCUT2D eigenvalue weighted by Crippen LogP contribution is -2.47. The molecule has 160 valence electrons. The van der Waals surface area contributed by atoms with Crippen LogP contribution in [0.2, 0.25) is 5.02 Å². The first kappa shape index (κ1) is 20.9. The lowest BCUT2D eigenvalue weighted by atomic mass is 10.1. The molecule has 31 heavy (non-hydrogen) atoms. The summed E-state index contributed by atoms with van der Waals surface area (Å²) < 4.78 is 0. The highest BCUT2D eigenvalue weighted by Gasteiger charge is 2.28. The lowest BCUT2D eigenvalue weighted by Gasteiger charge is -2.29. The van der Waals surface area contributed by atoms with Gasteiger partial charge in [-0.05, 0) is 35.9 Å². The molecule has 2 aliphatic heterocycles. The number of hydrogen-bond acceptors (Lipinski definition) is 5. The molecule has 0 bridgehead atoms. The van der Waals surface area contributed by atoms with Crippen molar-refractivity contribution in [1.29, 1.82) is 0 Å². The molecule has 2 aromatic rings. The van der Waals surface area contributed by atoms with Crippen LogP contribution in [0.25, 0.3) is 0 Å². The van der Waals surface area contributed by atoms with Crippen LogP contribution in [0.5, 0.6) is 0 Å². The van der Waals surface area contributed by atoms with E-state index in [4.69, 9.17) is 11.6 Å². The molecule has 2 aliphatic rings. The molecule has 2 aromatic carbocycles. The van der Waals surface area contributed by atoms with Gasteiger partial charge in [0.2, 0.25) is 17.7 Å². The van der Waals surface area contributed by atoms with E-state index in [1.165, 1.54) is 4.90 Å². The molecule has 0 spiro atoms. The molecule has 4 amide bonds. The van der Waals surface area contributed by atoms with Crippen LogP contribution in [0.15, 0.2) is 42.5 Å². The summed E-state index contributed by atoms with van der Waals surface area (Å²) in [5.41, 5.74) is 2.50. The normalized spacial score (nSPS) is 16.5.